The van der Waals surface area contributed by atoms with Crippen LogP contribution in [0.1, 0.15) is 25.7 Å². The van der Waals surface area contributed by atoms with E-state index in [0.29, 0.717) is 6.04 Å². The molecular weight excluding hydrogens is 292 g/mol. The molecule has 0 bridgehead atoms. The maximum atomic E-state index is 5.88. The molecule has 0 radical (unpaired) electrons. The summed E-state index contributed by atoms with van der Waals surface area (Å²) in [7, 11) is 0. The van der Waals surface area contributed by atoms with Crippen molar-refractivity contribution >= 4 is 33.0 Å². The number of hydrogen-bond acceptors (Lipinski definition) is 3. The van der Waals surface area contributed by atoms with Crippen molar-refractivity contribution in [1.82, 2.24) is 4.98 Å². The highest BCUT2D eigenvalue weighted by Crippen LogP contribution is 2.29. The van der Waals surface area contributed by atoms with Crippen molar-refractivity contribution in [3.63, 3.8) is 0 Å². The maximum absolute atomic E-state index is 5.88. The number of nitrogens with zero attached hydrogens (tertiary/aromatic N) is 2. The topological polar surface area (TPSA) is 29.3 Å². The quantitative estimate of drug-likeness (QED) is 0.803. The van der Waals surface area contributed by atoms with Crippen molar-refractivity contribution in [2.24, 2.45) is 0 Å². The minimum atomic E-state index is 0.561. The second kappa shape index (κ2) is 5.31. The van der Waals surface area contributed by atoms with Crippen molar-refractivity contribution in [3.05, 3.63) is 24.3 Å². The summed E-state index contributed by atoms with van der Waals surface area (Å²) in [5.74, 6) is 0. The summed E-state index contributed by atoms with van der Waals surface area (Å²) in [5.41, 5.74) is 1.84. The number of oxazole rings is 1. The van der Waals surface area contributed by atoms with Gasteiger partial charge in [0.1, 0.15) is 5.52 Å². The zero-order valence-corrected chi connectivity index (χ0v) is 11.9. The third-order valence-corrected chi connectivity index (χ3v) is 4.06. The van der Waals surface area contributed by atoms with Gasteiger partial charge in [0, 0.05) is 17.9 Å². The first-order valence-corrected chi connectivity index (χ1v) is 7.69. The zero-order chi connectivity index (χ0) is 12.4. The van der Waals surface area contributed by atoms with Crippen LogP contribution in [0, 0.1) is 0 Å². The van der Waals surface area contributed by atoms with Gasteiger partial charge in [-0.2, -0.15) is 4.98 Å². The lowest BCUT2D eigenvalue weighted by atomic mass is 10.0. The molecule has 1 aromatic heterocycles. The molecule has 1 aliphatic heterocycles. The van der Waals surface area contributed by atoms with Crippen LogP contribution in [-0.4, -0.2) is 22.9 Å². The van der Waals surface area contributed by atoms with Gasteiger partial charge < -0.3 is 9.32 Å². The van der Waals surface area contributed by atoms with E-state index in [1.807, 2.05) is 24.3 Å². The fourth-order valence-corrected chi connectivity index (χ4v) is 3.19. The van der Waals surface area contributed by atoms with Crippen LogP contribution in [0.2, 0.25) is 0 Å². The van der Waals surface area contributed by atoms with Gasteiger partial charge in [0.25, 0.3) is 6.01 Å². The van der Waals surface area contributed by atoms with Gasteiger partial charge in [-0.25, -0.2) is 0 Å². The number of rotatable bonds is 3. The van der Waals surface area contributed by atoms with Crippen LogP contribution < -0.4 is 4.90 Å². The Morgan fingerprint density at radius 3 is 3.06 bits per heavy atom. The van der Waals surface area contributed by atoms with Crippen LogP contribution in [0.15, 0.2) is 28.7 Å². The molecule has 0 amide bonds. The van der Waals surface area contributed by atoms with Crippen LogP contribution in [0.4, 0.5) is 6.01 Å². The summed E-state index contributed by atoms with van der Waals surface area (Å²) in [4.78, 5) is 6.95. The molecule has 0 spiro atoms. The predicted octanol–water partition coefficient (Wildman–Crippen LogP) is 3.97. The van der Waals surface area contributed by atoms with Gasteiger partial charge in [0.05, 0.1) is 0 Å². The van der Waals surface area contributed by atoms with Gasteiger partial charge >= 0.3 is 0 Å². The van der Waals surface area contributed by atoms with Crippen molar-refractivity contribution < 1.29 is 4.42 Å². The second-order valence-electron chi connectivity index (χ2n) is 4.78. The molecule has 4 heteroatoms. The Labute approximate surface area is 115 Å². The fraction of sp³-hybridized carbons (Fsp3) is 0.500. The van der Waals surface area contributed by atoms with Gasteiger partial charge in [-0.1, -0.05) is 28.1 Å². The highest BCUT2D eigenvalue weighted by Gasteiger charge is 2.25. The number of piperidine rings is 1. The van der Waals surface area contributed by atoms with Gasteiger partial charge in [-0.05, 0) is 37.8 Å². The molecule has 18 heavy (non-hydrogen) atoms. The fourth-order valence-electron chi connectivity index (χ4n) is 2.66. The SMILES string of the molecule is BrCCC1CCCCN1c1nc2ccccc2o1. The summed E-state index contributed by atoms with van der Waals surface area (Å²) < 4.78 is 5.88. The molecule has 2 aromatic rings. The molecule has 1 unspecified atom stereocenters. The monoisotopic (exact) mass is 308 g/mol. The molecule has 0 N–H and O–H groups in total. The van der Waals surface area contributed by atoms with E-state index >= 15 is 0 Å². The number of anilines is 1. The highest BCUT2D eigenvalue weighted by atomic mass is 79.9. The van der Waals surface area contributed by atoms with Crippen molar-refractivity contribution in [2.45, 2.75) is 31.7 Å². The summed E-state index contributed by atoms with van der Waals surface area (Å²) >= 11 is 3.54. The lowest BCUT2D eigenvalue weighted by Gasteiger charge is -2.34. The van der Waals surface area contributed by atoms with Crippen LogP contribution in [-0.2, 0) is 0 Å². The Balaban J connectivity index is 1.91. The zero-order valence-electron chi connectivity index (χ0n) is 10.3. The predicted molar refractivity (Wildman–Crippen MR) is 77.4 cm³/mol. The molecule has 1 aliphatic rings. The van der Waals surface area contributed by atoms with E-state index < -0.39 is 0 Å². The van der Waals surface area contributed by atoms with Crippen LogP contribution in [0.25, 0.3) is 11.1 Å². The minimum Gasteiger partial charge on any atom is -0.423 e. The number of alkyl halides is 1. The smallest absolute Gasteiger partial charge is 0.298 e. The minimum absolute atomic E-state index is 0.561. The first-order chi connectivity index (χ1) is 8.88. The summed E-state index contributed by atoms with van der Waals surface area (Å²) in [5, 5.41) is 1.04. The Morgan fingerprint density at radius 2 is 2.22 bits per heavy atom. The second-order valence-corrected chi connectivity index (χ2v) is 5.58. The largest absolute Gasteiger partial charge is 0.423 e. The van der Waals surface area contributed by atoms with Gasteiger partial charge in [0.15, 0.2) is 5.58 Å². The van der Waals surface area contributed by atoms with Gasteiger partial charge in [0.2, 0.25) is 0 Å². The van der Waals surface area contributed by atoms with Crippen LogP contribution >= 0.6 is 15.9 Å². The van der Waals surface area contributed by atoms with Crippen LogP contribution in [0.3, 0.4) is 0 Å². The number of aromatic nitrogens is 1. The van der Waals surface area contributed by atoms with E-state index in [9.17, 15) is 0 Å². The first-order valence-electron chi connectivity index (χ1n) is 6.56. The highest BCUT2D eigenvalue weighted by molar-refractivity contribution is 9.09. The Morgan fingerprint density at radius 1 is 1.33 bits per heavy atom. The maximum Gasteiger partial charge on any atom is 0.298 e. The first kappa shape index (κ1) is 12.0. The number of benzene rings is 1. The third-order valence-electron chi connectivity index (χ3n) is 3.60. The molecule has 0 aliphatic carbocycles. The van der Waals surface area contributed by atoms with E-state index in [1.165, 1.54) is 19.3 Å². The summed E-state index contributed by atoms with van der Waals surface area (Å²) in [6.45, 7) is 1.06. The van der Waals surface area contributed by atoms with E-state index in [1.54, 1.807) is 0 Å². The van der Waals surface area contributed by atoms with E-state index in [-0.39, 0.29) is 0 Å². The van der Waals surface area contributed by atoms with Crippen molar-refractivity contribution in [2.75, 3.05) is 16.8 Å². The standard InChI is InChI=1S/C14H17BrN2O/c15-9-8-11-5-3-4-10-17(11)14-16-12-6-1-2-7-13(12)18-14/h1-2,6-7,11H,3-5,8-10H2. The summed E-state index contributed by atoms with van der Waals surface area (Å²) in [6, 6.07) is 9.33. The molecule has 3 rings (SSSR count). The molecule has 2 heterocycles. The van der Waals surface area contributed by atoms with Crippen molar-refractivity contribution in [1.29, 1.82) is 0 Å². The number of para-hydroxylation sites is 2. The lowest BCUT2D eigenvalue weighted by Crippen LogP contribution is -2.40. The van der Waals surface area contributed by atoms with Gasteiger partial charge in [-0.15, -0.1) is 0 Å². The van der Waals surface area contributed by atoms with Gasteiger partial charge in [-0.3, -0.25) is 0 Å². The molecule has 1 aromatic carbocycles. The average Bonchev–Trinajstić information content (AvgIpc) is 2.83. The Kier molecular flexibility index (Phi) is 3.55. The molecule has 1 atom stereocenters. The molecule has 1 saturated heterocycles. The number of hydrogen-bond donors (Lipinski definition) is 0. The molecule has 3 nitrogen and oxygen atoms in total. The van der Waals surface area contributed by atoms with E-state index in [0.717, 1.165) is 35.4 Å². The van der Waals surface area contributed by atoms with E-state index in [2.05, 4.69) is 25.8 Å². The Bertz CT molecular complexity index is 490. The molecule has 96 valence electrons. The number of halogens is 1. The van der Waals surface area contributed by atoms with Crippen molar-refractivity contribution in [3.8, 4) is 0 Å². The normalized spacial score (nSPS) is 20.5. The molecule has 0 saturated carbocycles. The number of fused-ring (bicyclic) bond motifs is 1. The molecule has 1 fully saturated rings. The average molecular weight is 309 g/mol. The van der Waals surface area contributed by atoms with E-state index in [4.69, 9.17) is 4.42 Å². The summed E-state index contributed by atoms with van der Waals surface area (Å²) in [6.07, 6.45) is 4.94. The molecular formula is C14H17BrN2O. The Hall–Kier alpha value is -1.03. The van der Waals surface area contributed by atoms with Crippen LogP contribution in [0.5, 0.6) is 0 Å². The third kappa shape index (κ3) is 2.26. The lowest BCUT2D eigenvalue weighted by molar-refractivity contribution is 0.418.